The Morgan fingerprint density at radius 2 is 2.11 bits per heavy atom. The van der Waals surface area contributed by atoms with Crippen LogP contribution in [0.4, 0.5) is 0 Å². The van der Waals surface area contributed by atoms with E-state index in [1.54, 1.807) is 0 Å². The van der Waals surface area contributed by atoms with Gasteiger partial charge in [0.2, 0.25) is 0 Å². The number of aryl methyl sites for hydroxylation is 1. The molecular formula is C15H24N2O. The molecular weight excluding hydrogens is 224 g/mol. The molecule has 1 unspecified atom stereocenters. The van der Waals surface area contributed by atoms with Gasteiger partial charge in [-0.05, 0) is 38.6 Å². The maximum absolute atomic E-state index is 5.79. The molecule has 0 bridgehead atoms. The second kappa shape index (κ2) is 6.76. The summed E-state index contributed by atoms with van der Waals surface area (Å²) in [5, 5.41) is 3.42. The summed E-state index contributed by atoms with van der Waals surface area (Å²) in [6.45, 7) is 9.48. The number of hydrogen-bond donors (Lipinski definition) is 1. The van der Waals surface area contributed by atoms with Crippen molar-refractivity contribution < 1.29 is 4.74 Å². The predicted molar refractivity (Wildman–Crippen MR) is 75.2 cm³/mol. The van der Waals surface area contributed by atoms with Gasteiger partial charge < -0.3 is 10.1 Å². The molecule has 0 radical (unpaired) electrons. The molecule has 18 heavy (non-hydrogen) atoms. The third kappa shape index (κ3) is 3.72. The van der Waals surface area contributed by atoms with E-state index in [2.05, 4.69) is 36.2 Å². The van der Waals surface area contributed by atoms with E-state index >= 15 is 0 Å². The SMILES string of the molecule is CCN(CCOc1ccc(C)cc1)C1CCNC1. The molecule has 1 saturated heterocycles. The van der Waals surface area contributed by atoms with Gasteiger partial charge in [0.1, 0.15) is 12.4 Å². The molecule has 100 valence electrons. The summed E-state index contributed by atoms with van der Waals surface area (Å²) < 4.78 is 5.79. The first-order valence-electron chi connectivity index (χ1n) is 6.94. The van der Waals surface area contributed by atoms with Crippen LogP contribution in [-0.4, -0.2) is 43.7 Å². The van der Waals surface area contributed by atoms with E-state index in [1.165, 1.54) is 12.0 Å². The first-order valence-corrected chi connectivity index (χ1v) is 6.94. The number of nitrogens with zero attached hydrogens (tertiary/aromatic N) is 1. The van der Waals surface area contributed by atoms with Crippen LogP contribution in [0.2, 0.25) is 0 Å². The number of benzene rings is 1. The first kappa shape index (κ1) is 13.4. The molecule has 0 spiro atoms. The van der Waals surface area contributed by atoms with Crippen LogP contribution in [0.3, 0.4) is 0 Å². The monoisotopic (exact) mass is 248 g/mol. The Morgan fingerprint density at radius 3 is 2.72 bits per heavy atom. The highest BCUT2D eigenvalue weighted by atomic mass is 16.5. The van der Waals surface area contributed by atoms with Crippen molar-refractivity contribution in [2.24, 2.45) is 0 Å². The van der Waals surface area contributed by atoms with Crippen molar-refractivity contribution in [3.8, 4) is 5.75 Å². The minimum Gasteiger partial charge on any atom is -0.492 e. The van der Waals surface area contributed by atoms with Crippen LogP contribution in [0.15, 0.2) is 24.3 Å². The Morgan fingerprint density at radius 1 is 1.33 bits per heavy atom. The maximum Gasteiger partial charge on any atom is 0.119 e. The van der Waals surface area contributed by atoms with Gasteiger partial charge in [-0.15, -0.1) is 0 Å². The Labute approximate surface area is 110 Å². The quantitative estimate of drug-likeness (QED) is 0.834. The van der Waals surface area contributed by atoms with Crippen LogP contribution in [0.25, 0.3) is 0 Å². The van der Waals surface area contributed by atoms with Crippen LogP contribution in [0.1, 0.15) is 18.9 Å². The van der Waals surface area contributed by atoms with Crippen LogP contribution in [0, 0.1) is 6.92 Å². The largest absolute Gasteiger partial charge is 0.492 e. The summed E-state index contributed by atoms with van der Waals surface area (Å²) in [5.74, 6) is 0.973. The lowest BCUT2D eigenvalue weighted by atomic mass is 10.2. The standard InChI is InChI=1S/C15H24N2O/c1-3-17(14-8-9-16-12-14)10-11-18-15-6-4-13(2)5-7-15/h4-7,14,16H,3,8-12H2,1-2H3. The van der Waals surface area contributed by atoms with Crippen LogP contribution in [-0.2, 0) is 0 Å². The molecule has 0 saturated carbocycles. The molecule has 1 aromatic rings. The number of hydrogen-bond acceptors (Lipinski definition) is 3. The maximum atomic E-state index is 5.79. The number of ether oxygens (including phenoxy) is 1. The van der Waals surface area contributed by atoms with Gasteiger partial charge in [-0.3, -0.25) is 4.90 Å². The van der Waals surface area contributed by atoms with Crippen LogP contribution < -0.4 is 10.1 Å². The van der Waals surface area contributed by atoms with Crippen molar-refractivity contribution >= 4 is 0 Å². The number of rotatable bonds is 6. The molecule has 1 atom stereocenters. The van der Waals surface area contributed by atoms with Crippen LogP contribution in [0.5, 0.6) is 5.75 Å². The zero-order valence-corrected chi connectivity index (χ0v) is 11.5. The summed E-state index contributed by atoms with van der Waals surface area (Å²) >= 11 is 0. The van der Waals surface area contributed by atoms with E-state index < -0.39 is 0 Å². The van der Waals surface area contributed by atoms with E-state index in [1.807, 2.05) is 12.1 Å². The Balaban J connectivity index is 1.74. The number of nitrogens with one attached hydrogen (secondary N) is 1. The molecule has 1 aliphatic heterocycles. The molecule has 3 heteroatoms. The Kier molecular flexibility index (Phi) is 5.02. The van der Waals surface area contributed by atoms with Gasteiger partial charge >= 0.3 is 0 Å². The van der Waals surface area contributed by atoms with Gasteiger partial charge in [0.15, 0.2) is 0 Å². The minimum absolute atomic E-state index is 0.691. The van der Waals surface area contributed by atoms with E-state index in [0.29, 0.717) is 6.04 Å². The first-order chi connectivity index (χ1) is 8.79. The van der Waals surface area contributed by atoms with Gasteiger partial charge in [0, 0.05) is 19.1 Å². The van der Waals surface area contributed by atoms with E-state index in [4.69, 9.17) is 4.74 Å². The topological polar surface area (TPSA) is 24.5 Å². The molecule has 0 aromatic heterocycles. The molecule has 1 aromatic carbocycles. The van der Waals surface area contributed by atoms with Crippen molar-refractivity contribution in [1.29, 1.82) is 0 Å². The Hall–Kier alpha value is -1.06. The van der Waals surface area contributed by atoms with E-state index in [-0.39, 0.29) is 0 Å². The molecule has 1 N–H and O–H groups in total. The van der Waals surface area contributed by atoms with E-state index in [9.17, 15) is 0 Å². The van der Waals surface area contributed by atoms with E-state index in [0.717, 1.165) is 38.5 Å². The summed E-state index contributed by atoms with van der Waals surface area (Å²) in [4.78, 5) is 2.51. The highest BCUT2D eigenvalue weighted by molar-refractivity contribution is 5.26. The van der Waals surface area contributed by atoms with Gasteiger partial charge in [0.05, 0.1) is 0 Å². The summed E-state index contributed by atoms with van der Waals surface area (Å²) in [7, 11) is 0. The average molecular weight is 248 g/mol. The van der Waals surface area contributed by atoms with Crippen molar-refractivity contribution in [3.05, 3.63) is 29.8 Å². The third-order valence-electron chi connectivity index (χ3n) is 3.63. The van der Waals surface area contributed by atoms with Gasteiger partial charge in [0.25, 0.3) is 0 Å². The zero-order chi connectivity index (χ0) is 12.8. The van der Waals surface area contributed by atoms with Gasteiger partial charge in [-0.2, -0.15) is 0 Å². The molecule has 1 aliphatic rings. The van der Waals surface area contributed by atoms with Crippen molar-refractivity contribution in [3.63, 3.8) is 0 Å². The smallest absolute Gasteiger partial charge is 0.119 e. The number of likely N-dealkylation sites (N-methyl/N-ethyl adjacent to an activating group) is 1. The third-order valence-corrected chi connectivity index (χ3v) is 3.63. The predicted octanol–water partition coefficient (Wildman–Crippen LogP) is 2.06. The minimum atomic E-state index is 0.691. The molecule has 0 amide bonds. The van der Waals surface area contributed by atoms with Crippen molar-refractivity contribution in [2.75, 3.05) is 32.8 Å². The summed E-state index contributed by atoms with van der Waals surface area (Å²) in [5.41, 5.74) is 1.27. The molecule has 1 fully saturated rings. The van der Waals surface area contributed by atoms with Crippen LogP contribution >= 0.6 is 0 Å². The molecule has 1 heterocycles. The lowest BCUT2D eigenvalue weighted by Gasteiger charge is -2.26. The fraction of sp³-hybridized carbons (Fsp3) is 0.600. The molecule has 3 nitrogen and oxygen atoms in total. The highest BCUT2D eigenvalue weighted by Crippen LogP contribution is 2.12. The Bertz CT molecular complexity index is 344. The molecule has 0 aliphatic carbocycles. The normalized spacial score (nSPS) is 19.4. The second-order valence-corrected chi connectivity index (χ2v) is 4.94. The van der Waals surface area contributed by atoms with Gasteiger partial charge in [-0.25, -0.2) is 0 Å². The lowest BCUT2D eigenvalue weighted by molar-refractivity contribution is 0.174. The highest BCUT2D eigenvalue weighted by Gasteiger charge is 2.20. The summed E-state index contributed by atoms with van der Waals surface area (Å²) in [6, 6.07) is 8.96. The fourth-order valence-corrected chi connectivity index (χ4v) is 2.47. The lowest BCUT2D eigenvalue weighted by Crippen LogP contribution is -2.39. The van der Waals surface area contributed by atoms with Gasteiger partial charge in [-0.1, -0.05) is 24.6 Å². The average Bonchev–Trinajstić information content (AvgIpc) is 2.91. The van der Waals surface area contributed by atoms with Crippen molar-refractivity contribution in [1.82, 2.24) is 10.2 Å². The zero-order valence-electron chi connectivity index (χ0n) is 11.5. The second-order valence-electron chi connectivity index (χ2n) is 4.94. The van der Waals surface area contributed by atoms with Crippen molar-refractivity contribution in [2.45, 2.75) is 26.3 Å². The molecule has 2 rings (SSSR count). The fourth-order valence-electron chi connectivity index (χ4n) is 2.47. The summed E-state index contributed by atoms with van der Waals surface area (Å²) in [6.07, 6.45) is 1.26.